The van der Waals surface area contributed by atoms with Crippen molar-refractivity contribution >= 4 is 6.21 Å². The van der Waals surface area contributed by atoms with E-state index in [1.54, 1.807) is 0 Å². The van der Waals surface area contributed by atoms with E-state index in [-0.39, 0.29) is 18.7 Å². The smallest absolute Gasteiger partial charge is 0.292 e. The zero-order chi connectivity index (χ0) is 16.3. The number of rotatable bonds is 4. The summed E-state index contributed by atoms with van der Waals surface area (Å²) in [5, 5.41) is 0. The second-order valence-electron chi connectivity index (χ2n) is 4.30. The maximum atomic E-state index is 13.6. The number of aliphatic imine (C=N–C) groups is 1. The Labute approximate surface area is 116 Å². The van der Waals surface area contributed by atoms with Crippen LogP contribution in [0.5, 0.6) is 0 Å². The third kappa shape index (κ3) is 4.71. The van der Waals surface area contributed by atoms with Gasteiger partial charge in [0.2, 0.25) is 0 Å². The summed E-state index contributed by atoms with van der Waals surface area (Å²) < 4.78 is 89.3. The molecule has 0 amide bonds. The van der Waals surface area contributed by atoms with Gasteiger partial charge in [0.25, 0.3) is 0 Å². The van der Waals surface area contributed by atoms with Crippen molar-refractivity contribution in [1.29, 1.82) is 0 Å². The molecule has 0 aliphatic carbocycles. The van der Waals surface area contributed by atoms with E-state index in [1.807, 2.05) is 6.92 Å². The number of alkyl halides is 6. The standard InChI is InChI=1S/C13H12F7N/c1-2-3-4-21-7-9-10(13(18,19)20)5-8(6-11(9)14)12(15,16)17/h5-7H,2-4H2,1H3/b21-7+. The van der Waals surface area contributed by atoms with Crippen LogP contribution in [0.4, 0.5) is 30.7 Å². The predicted molar refractivity (Wildman–Crippen MR) is 63.8 cm³/mol. The lowest BCUT2D eigenvalue weighted by Crippen LogP contribution is -2.15. The molecule has 21 heavy (non-hydrogen) atoms. The zero-order valence-electron chi connectivity index (χ0n) is 10.9. The molecule has 0 aromatic heterocycles. The van der Waals surface area contributed by atoms with E-state index in [2.05, 4.69) is 4.99 Å². The van der Waals surface area contributed by atoms with Gasteiger partial charge < -0.3 is 0 Å². The molecule has 0 saturated carbocycles. The van der Waals surface area contributed by atoms with Crippen molar-refractivity contribution in [2.45, 2.75) is 32.1 Å². The highest BCUT2D eigenvalue weighted by Gasteiger charge is 2.39. The van der Waals surface area contributed by atoms with Crippen molar-refractivity contribution in [1.82, 2.24) is 0 Å². The fourth-order valence-corrected chi connectivity index (χ4v) is 1.55. The number of unbranched alkanes of at least 4 members (excludes halogenated alkanes) is 1. The summed E-state index contributed by atoms with van der Waals surface area (Å²) in [6.07, 6.45) is -8.21. The fraction of sp³-hybridized carbons (Fsp3) is 0.462. The Balaban J connectivity index is 3.33. The van der Waals surface area contributed by atoms with Crippen LogP contribution >= 0.6 is 0 Å². The Morgan fingerprint density at radius 1 is 1.05 bits per heavy atom. The predicted octanol–water partition coefficient (Wildman–Crippen LogP) is 5.08. The molecule has 0 spiro atoms. The molecule has 1 aromatic rings. The highest BCUT2D eigenvalue weighted by Crippen LogP contribution is 2.38. The van der Waals surface area contributed by atoms with Gasteiger partial charge in [0.1, 0.15) is 5.82 Å². The largest absolute Gasteiger partial charge is 0.417 e. The molecular weight excluding hydrogens is 303 g/mol. The molecule has 0 unspecified atom stereocenters. The third-order valence-electron chi connectivity index (χ3n) is 2.62. The molecule has 8 heteroatoms. The number of nitrogens with zero attached hydrogens (tertiary/aromatic N) is 1. The van der Waals surface area contributed by atoms with Crippen LogP contribution in [0.1, 0.15) is 36.5 Å². The second kappa shape index (κ2) is 6.44. The van der Waals surface area contributed by atoms with Crippen LogP contribution in [-0.2, 0) is 12.4 Å². The van der Waals surface area contributed by atoms with Crippen LogP contribution in [-0.4, -0.2) is 12.8 Å². The molecule has 0 N–H and O–H groups in total. The molecule has 1 aromatic carbocycles. The van der Waals surface area contributed by atoms with E-state index in [9.17, 15) is 30.7 Å². The first-order valence-corrected chi connectivity index (χ1v) is 6.05. The van der Waals surface area contributed by atoms with Gasteiger partial charge in [-0.3, -0.25) is 4.99 Å². The van der Waals surface area contributed by atoms with E-state index < -0.39 is 34.9 Å². The van der Waals surface area contributed by atoms with Gasteiger partial charge >= 0.3 is 12.4 Å². The topological polar surface area (TPSA) is 12.4 Å². The number of hydrogen-bond acceptors (Lipinski definition) is 1. The monoisotopic (exact) mass is 315 g/mol. The number of benzene rings is 1. The maximum Gasteiger partial charge on any atom is 0.417 e. The van der Waals surface area contributed by atoms with Crippen molar-refractivity contribution < 1.29 is 30.7 Å². The van der Waals surface area contributed by atoms with Gasteiger partial charge in [-0.25, -0.2) is 4.39 Å². The molecule has 1 rings (SSSR count). The first-order chi connectivity index (χ1) is 9.57. The molecule has 0 fully saturated rings. The van der Waals surface area contributed by atoms with Gasteiger partial charge in [0.15, 0.2) is 0 Å². The normalized spacial score (nSPS) is 13.1. The number of hydrogen-bond donors (Lipinski definition) is 0. The van der Waals surface area contributed by atoms with Crippen molar-refractivity contribution in [3.63, 3.8) is 0 Å². The Bertz CT molecular complexity index is 514. The Hall–Kier alpha value is -1.60. The summed E-state index contributed by atoms with van der Waals surface area (Å²) in [5.41, 5.74) is -4.35. The lowest BCUT2D eigenvalue weighted by Gasteiger charge is -2.14. The molecule has 0 bridgehead atoms. The Morgan fingerprint density at radius 2 is 1.67 bits per heavy atom. The summed E-state index contributed by atoms with van der Waals surface area (Å²) >= 11 is 0. The van der Waals surface area contributed by atoms with E-state index in [0.717, 1.165) is 6.42 Å². The van der Waals surface area contributed by atoms with Gasteiger partial charge in [-0.15, -0.1) is 0 Å². The highest BCUT2D eigenvalue weighted by molar-refractivity contribution is 5.82. The molecule has 0 heterocycles. The minimum atomic E-state index is -5.10. The quantitative estimate of drug-likeness (QED) is 0.417. The highest BCUT2D eigenvalue weighted by atomic mass is 19.4. The van der Waals surface area contributed by atoms with Crippen LogP contribution in [0.25, 0.3) is 0 Å². The minimum Gasteiger partial charge on any atom is -0.292 e. The molecule has 1 nitrogen and oxygen atoms in total. The maximum absolute atomic E-state index is 13.6. The zero-order valence-corrected chi connectivity index (χ0v) is 10.9. The van der Waals surface area contributed by atoms with Gasteiger partial charge in [-0.05, 0) is 18.6 Å². The Kier molecular flexibility index (Phi) is 5.36. The molecule has 0 radical (unpaired) electrons. The first-order valence-electron chi connectivity index (χ1n) is 6.05. The van der Waals surface area contributed by atoms with Gasteiger partial charge in [-0.2, -0.15) is 26.3 Å². The van der Waals surface area contributed by atoms with E-state index in [1.165, 1.54) is 0 Å². The first kappa shape index (κ1) is 17.5. The Morgan fingerprint density at radius 3 is 2.14 bits per heavy atom. The van der Waals surface area contributed by atoms with Crippen LogP contribution in [0.2, 0.25) is 0 Å². The summed E-state index contributed by atoms with van der Waals surface area (Å²) in [6.45, 7) is 2.00. The van der Waals surface area contributed by atoms with Crippen molar-refractivity contribution in [2.75, 3.05) is 6.54 Å². The SMILES string of the molecule is CCCC/N=C/c1c(F)cc(C(F)(F)F)cc1C(F)(F)F. The van der Waals surface area contributed by atoms with E-state index in [0.29, 0.717) is 12.6 Å². The van der Waals surface area contributed by atoms with Crippen molar-refractivity contribution in [3.8, 4) is 0 Å². The van der Waals surface area contributed by atoms with Crippen LogP contribution in [0.3, 0.4) is 0 Å². The second-order valence-corrected chi connectivity index (χ2v) is 4.30. The molecule has 0 aliphatic heterocycles. The van der Waals surface area contributed by atoms with E-state index in [4.69, 9.17) is 0 Å². The summed E-state index contributed by atoms with van der Waals surface area (Å²) in [5.74, 6) is -1.60. The summed E-state index contributed by atoms with van der Waals surface area (Å²) in [7, 11) is 0. The van der Waals surface area contributed by atoms with Gasteiger partial charge in [0.05, 0.1) is 11.1 Å². The lowest BCUT2D eigenvalue weighted by molar-refractivity contribution is -0.143. The molecular formula is C13H12F7N. The van der Waals surface area contributed by atoms with Crippen LogP contribution < -0.4 is 0 Å². The summed E-state index contributed by atoms with van der Waals surface area (Å²) in [4.78, 5) is 3.61. The number of halogens is 7. The average molecular weight is 315 g/mol. The average Bonchev–Trinajstić information content (AvgIpc) is 2.33. The molecule has 0 saturated heterocycles. The third-order valence-corrected chi connectivity index (χ3v) is 2.62. The molecule has 0 aliphatic rings. The van der Waals surface area contributed by atoms with Crippen LogP contribution in [0, 0.1) is 5.82 Å². The van der Waals surface area contributed by atoms with E-state index >= 15 is 0 Å². The van der Waals surface area contributed by atoms with Crippen LogP contribution in [0.15, 0.2) is 17.1 Å². The van der Waals surface area contributed by atoms with Crippen molar-refractivity contribution in [3.05, 3.63) is 34.6 Å². The lowest BCUT2D eigenvalue weighted by atomic mass is 10.0. The molecule has 0 atom stereocenters. The summed E-state index contributed by atoms with van der Waals surface area (Å²) in [6, 6.07) is -0.0688. The van der Waals surface area contributed by atoms with Gasteiger partial charge in [0, 0.05) is 18.3 Å². The fourth-order valence-electron chi connectivity index (χ4n) is 1.55. The molecule has 118 valence electrons. The van der Waals surface area contributed by atoms with Gasteiger partial charge in [-0.1, -0.05) is 13.3 Å². The van der Waals surface area contributed by atoms with Crippen molar-refractivity contribution in [2.24, 2.45) is 4.99 Å². The minimum absolute atomic E-state index is 0.0381.